The first-order valence-corrected chi connectivity index (χ1v) is 9.36. The summed E-state index contributed by atoms with van der Waals surface area (Å²) in [7, 11) is 2.09. The van der Waals surface area contributed by atoms with Crippen LogP contribution in [0.15, 0.2) is 73.1 Å². The van der Waals surface area contributed by atoms with Crippen molar-refractivity contribution in [3.05, 3.63) is 84.2 Å². The van der Waals surface area contributed by atoms with Crippen molar-refractivity contribution in [3.63, 3.8) is 0 Å². The molecule has 0 radical (unpaired) electrons. The molecular weight excluding hydrogens is 316 g/mol. The third-order valence-corrected chi connectivity index (χ3v) is 5.27. The molecule has 1 aromatic heterocycles. The van der Waals surface area contributed by atoms with Crippen LogP contribution in [0.4, 0.5) is 5.69 Å². The first-order chi connectivity index (χ1) is 12.6. The van der Waals surface area contributed by atoms with E-state index >= 15 is 0 Å². The molecule has 1 heterocycles. The Labute approximate surface area is 156 Å². The van der Waals surface area contributed by atoms with Crippen LogP contribution in [-0.4, -0.2) is 4.57 Å². The maximum atomic E-state index is 4.29. The van der Waals surface area contributed by atoms with E-state index in [9.17, 15) is 0 Å². The highest BCUT2D eigenvalue weighted by Gasteiger charge is 2.24. The minimum absolute atomic E-state index is 0.754. The maximum absolute atomic E-state index is 4.29. The zero-order valence-corrected chi connectivity index (χ0v) is 15.9. The average Bonchev–Trinajstić information content (AvgIpc) is 3.43. The largest absolute Gasteiger partial charge is 0.350 e. The second-order valence-corrected chi connectivity index (χ2v) is 7.28. The maximum Gasteiger partial charge on any atom is 0.0552 e. The Bertz CT molecular complexity index is 1000. The van der Waals surface area contributed by atoms with E-state index in [0.29, 0.717) is 0 Å². The summed E-state index contributed by atoms with van der Waals surface area (Å²) in [6, 6.07) is 17.7. The number of benzene rings is 2. The Morgan fingerprint density at radius 1 is 1.15 bits per heavy atom. The molecule has 1 fully saturated rings. The molecule has 132 valence electrons. The molecular formula is C24H26N2. The van der Waals surface area contributed by atoms with E-state index < -0.39 is 0 Å². The van der Waals surface area contributed by atoms with Gasteiger partial charge in [0.15, 0.2) is 0 Å². The van der Waals surface area contributed by atoms with Gasteiger partial charge in [-0.3, -0.25) is 0 Å². The van der Waals surface area contributed by atoms with Crippen molar-refractivity contribution in [2.75, 3.05) is 4.90 Å². The first kappa shape index (κ1) is 16.7. The lowest BCUT2D eigenvalue weighted by atomic mass is 10.0. The zero-order chi connectivity index (χ0) is 18.3. The van der Waals surface area contributed by atoms with Gasteiger partial charge in [-0.1, -0.05) is 36.9 Å². The first-order valence-electron chi connectivity index (χ1n) is 9.36. The Morgan fingerprint density at radius 3 is 2.62 bits per heavy atom. The van der Waals surface area contributed by atoms with Crippen molar-refractivity contribution in [1.82, 2.24) is 4.57 Å². The number of hydrogen-bond donors (Lipinski definition) is 0. The summed E-state index contributed by atoms with van der Waals surface area (Å²) >= 11 is 0. The predicted octanol–water partition coefficient (Wildman–Crippen LogP) is 6.46. The van der Waals surface area contributed by atoms with E-state index in [-0.39, 0.29) is 0 Å². The summed E-state index contributed by atoms with van der Waals surface area (Å²) in [4.78, 5) is 2.29. The smallest absolute Gasteiger partial charge is 0.0552 e. The van der Waals surface area contributed by atoms with Gasteiger partial charge in [-0.25, -0.2) is 0 Å². The molecule has 0 spiro atoms. The quantitative estimate of drug-likeness (QED) is 0.517. The minimum atomic E-state index is 0.754. The van der Waals surface area contributed by atoms with E-state index in [0.717, 1.165) is 11.6 Å². The molecule has 0 bridgehead atoms. The lowest BCUT2D eigenvalue weighted by Gasteiger charge is -2.29. The molecule has 2 nitrogen and oxygen atoms in total. The Kier molecular flexibility index (Phi) is 4.20. The molecule has 0 N–H and O–H groups in total. The summed E-state index contributed by atoms with van der Waals surface area (Å²) in [5, 5.41) is 1.25. The predicted molar refractivity (Wildman–Crippen MR) is 112 cm³/mol. The number of nitrogens with zero attached hydrogens (tertiary/aromatic N) is 2. The second-order valence-electron chi connectivity index (χ2n) is 7.28. The van der Waals surface area contributed by atoms with Crippen LogP contribution in [0.25, 0.3) is 16.6 Å². The summed E-state index contributed by atoms with van der Waals surface area (Å²) in [5.41, 5.74) is 7.34. The highest BCUT2D eigenvalue weighted by Crippen LogP contribution is 2.42. The van der Waals surface area contributed by atoms with Crippen LogP contribution in [0.3, 0.4) is 0 Å². The third-order valence-electron chi connectivity index (χ3n) is 5.27. The number of anilines is 1. The molecule has 3 aromatic rings. The number of hydrogen-bond acceptors (Lipinski definition) is 1. The molecule has 1 aliphatic carbocycles. The van der Waals surface area contributed by atoms with Gasteiger partial charge >= 0.3 is 0 Å². The van der Waals surface area contributed by atoms with Crippen LogP contribution in [0.1, 0.15) is 43.7 Å². The molecule has 0 unspecified atom stereocenters. The average molecular weight is 342 g/mol. The van der Waals surface area contributed by atoms with Crippen LogP contribution in [0.2, 0.25) is 0 Å². The highest BCUT2D eigenvalue weighted by atomic mass is 15.2. The van der Waals surface area contributed by atoms with Crippen LogP contribution < -0.4 is 4.90 Å². The van der Waals surface area contributed by atoms with Gasteiger partial charge in [0, 0.05) is 35.5 Å². The van der Waals surface area contributed by atoms with Crippen molar-refractivity contribution in [3.8, 4) is 0 Å². The summed E-state index contributed by atoms with van der Waals surface area (Å²) in [5.74, 6) is 0.754. The fraction of sp³-hybridized carbons (Fsp3) is 0.250. The standard InChI is InChI=1S/C24H26N2/c1-5-22(20-9-6-8-19(16-20)18-12-13-18)26(17(2)3)24-11-7-10-23-21(24)14-15-25(23)4/h5-11,14-16,18H,2,12-13H2,1,3-4H3/b22-5-. The Balaban J connectivity index is 1.84. The van der Waals surface area contributed by atoms with Gasteiger partial charge in [-0.05, 0) is 68.0 Å². The Hall–Kier alpha value is -2.74. The molecule has 0 amide bonds. The normalized spacial score (nSPS) is 14.7. The minimum Gasteiger partial charge on any atom is -0.350 e. The Morgan fingerprint density at radius 2 is 1.92 bits per heavy atom. The monoisotopic (exact) mass is 342 g/mol. The lowest BCUT2D eigenvalue weighted by Crippen LogP contribution is -2.19. The van der Waals surface area contributed by atoms with Crippen LogP contribution in [0.5, 0.6) is 0 Å². The molecule has 0 saturated heterocycles. The van der Waals surface area contributed by atoms with Crippen LogP contribution >= 0.6 is 0 Å². The molecule has 0 aliphatic heterocycles. The van der Waals surface area contributed by atoms with Crippen molar-refractivity contribution in [2.45, 2.75) is 32.6 Å². The lowest BCUT2D eigenvalue weighted by molar-refractivity contribution is 0.969. The van der Waals surface area contributed by atoms with Gasteiger partial charge in [0.05, 0.1) is 5.69 Å². The van der Waals surface area contributed by atoms with Gasteiger partial charge < -0.3 is 9.47 Å². The second kappa shape index (κ2) is 6.53. The molecule has 26 heavy (non-hydrogen) atoms. The van der Waals surface area contributed by atoms with Gasteiger partial charge in [0.25, 0.3) is 0 Å². The molecule has 2 heteroatoms. The summed E-state index contributed by atoms with van der Waals surface area (Å²) in [6.45, 7) is 8.48. The zero-order valence-electron chi connectivity index (χ0n) is 15.9. The number of fused-ring (bicyclic) bond motifs is 1. The van der Waals surface area contributed by atoms with Crippen molar-refractivity contribution in [2.24, 2.45) is 7.05 Å². The van der Waals surface area contributed by atoms with Gasteiger partial charge in [0.2, 0.25) is 0 Å². The van der Waals surface area contributed by atoms with E-state index in [1.54, 1.807) is 0 Å². The number of aryl methyl sites for hydroxylation is 1. The van der Waals surface area contributed by atoms with E-state index in [1.807, 2.05) is 0 Å². The molecule has 1 saturated carbocycles. The number of rotatable bonds is 5. The number of allylic oxidation sites excluding steroid dienone is 2. The third kappa shape index (κ3) is 2.86. The van der Waals surface area contributed by atoms with Crippen molar-refractivity contribution in [1.29, 1.82) is 0 Å². The SMILES string of the molecule is C=C(C)N(/C(=C\C)c1cccc(C2CC2)c1)c1cccc2c1ccn2C. The van der Waals surface area contributed by atoms with Crippen molar-refractivity contribution >= 4 is 22.3 Å². The van der Waals surface area contributed by atoms with E-state index in [2.05, 4.69) is 97.7 Å². The topological polar surface area (TPSA) is 8.17 Å². The van der Waals surface area contributed by atoms with Crippen molar-refractivity contribution < 1.29 is 0 Å². The van der Waals surface area contributed by atoms with Crippen LogP contribution in [-0.2, 0) is 7.05 Å². The van der Waals surface area contributed by atoms with E-state index in [4.69, 9.17) is 0 Å². The number of aromatic nitrogens is 1. The molecule has 1 aliphatic rings. The van der Waals surface area contributed by atoms with E-state index in [1.165, 1.54) is 46.3 Å². The van der Waals surface area contributed by atoms with Gasteiger partial charge in [-0.15, -0.1) is 0 Å². The summed E-state index contributed by atoms with van der Waals surface area (Å²) in [6.07, 6.45) is 6.96. The van der Waals surface area contributed by atoms with Gasteiger partial charge in [0.1, 0.15) is 0 Å². The highest BCUT2D eigenvalue weighted by molar-refractivity contribution is 5.98. The fourth-order valence-electron chi connectivity index (χ4n) is 3.82. The summed E-state index contributed by atoms with van der Waals surface area (Å²) < 4.78 is 2.17. The molecule has 0 atom stereocenters. The molecule has 4 rings (SSSR count). The van der Waals surface area contributed by atoms with Crippen LogP contribution in [0, 0.1) is 0 Å². The van der Waals surface area contributed by atoms with Gasteiger partial charge in [-0.2, -0.15) is 0 Å². The molecule has 2 aromatic carbocycles. The fourth-order valence-corrected chi connectivity index (χ4v) is 3.82.